The summed E-state index contributed by atoms with van der Waals surface area (Å²) in [6.07, 6.45) is 3.39. The van der Waals surface area contributed by atoms with Gasteiger partial charge in [-0.25, -0.2) is 4.79 Å². The Hall–Kier alpha value is -2.37. The van der Waals surface area contributed by atoms with Crippen LogP contribution in [0.25, 0.3) is 0 Å². The highest BCUT2D eigenvalue weighted by Crippen LogP contribution is 2.52. The zero-order chi connectivity index (χ0) is 21.9. The minimum Gasteiger partial charge on any atom is -0.508 e. The molecule has 2 bridgehead atoms. The van der Waals surface area contributed by atoms with Crippen LogP contribution >= 0.6 is 0 Å². The molecule has 1 fully saturated rings. The minimum absolute atomic E-state index is 0.290. The van der Waals surface area contributed by atoms with Crippen molar-refractivity contribution in [1.82, 2.24) is 4.90 Å². The fourth-order valence-electron chi connectivity index (χ4n) is 5.54. The summed E-state index contributed by atoms with van der Waals surface area (Å²) in [5.74, 6) is -0.0689. The number of piperidine rings is 1. The summed E-state index contributed by atoms with van der Waals surface area (Å²) in [4.78, 5) is 12.8. The molecule has 1 aliphatic heterocycles. The van der Waals surface area contributed by atoms with Crippen LogP contribution in [-0.2, 0) is 16.6 Å². The number of aromatic hydroxyl groups is 1. The van der Waals surface area contributed by atoms with Crippen molar-refractivity contribution in [2.45, 2.75) is 57.1 Å². The number of likely N-dealkylation sites (N-methyl/N-ethyl adjacent to an activating group) is 1. The number of hydrogen-bond donors (Lipinski definition) is 3. The van der Waals surface area contributed by atoms with Gasteiger partial charge < -0.3 is 20.2 Å². The van der Waals surface area contributed by atoms with E-state index in [4.69, 9.17) is 10.2 Å². The topological polar surface area (TPSA) is 81.0 Å². The van der Waals surface area contributed by atoms with E-state index in [1.807, 2.05) is 12.1 Å². The van der Waals surface area contributed by atoms with Crippen molar-refractivity contribution in [3.8, 4) is 5.75 Å². The Kier molecular flexibility index (Phi) is 6.84. The summed E-state index contributed by atoms with van der Waals surface area (Å²) in [5, 5.41) is 27.3. The van der Waals surface area contributed by atoms with E-state index in [1.165, 1.54) is 36.9 Å². The van der Waals surface area contributed by atoms with Gasteiger partial charge in [0.05, 0.1) is 0 Å². The third-order valence-corrected chi connectivity index (χ3v) is 7.13. The number of carboxylic acid groups (broad SMARTS) is 1. The molecule has 0 aromatic heterocycles. The van der Waals surface area contributed by atoms with Gasteiger partial charge in [-0.2, -0.15) is 0 Å². The SMILES string of the molecule is CCC1C2Cc3ccc(O)cc3C1(CC)CCN2C.O=C(O)C(O)c1ccccc1. The highest BCUT2D eigenvalue weighted by molar-refractivity contribution is 5.73. The Balaban J connectivity index is 0.000000199. The number of phenolic OH excluding ortho intramolecular Hbond substituents is 1. The van der Waals surface area contributed by atoms with Crippen LogP contribution in [-0.4, -0.2) is 45.8 Å². The van der Waals surface area contributed by atoms with Crippen molar-refractivity contribution in [2.24, 2.45) is 5.92 Å². The maximum atomic E-state index is 10.2. The molecule has 3 N–H and O–H groups in total. The number of fused-ring (bicyclic) bond motifs is 4. The molecular formula is C25H33NO4. The van der Waals surface area contributed by atoms with Gasteiger partial charge in [-0.3, -0.25) is 0 Å². The number of rotatable bonds is 4. The molecule has 4 rings (SSSR count). The lowest BCUT2D eigenvalue weighted by atomic mass is 9.55. The largest absolute Gasteiger partial charge is 0.508 e. The number of hydrogen-bond acceptors (Lipinski definition) is 4. The second-order valence-corrected chi connectivity index (χ2v) is 8.52. The Morgan fingerprint density at radius 2 is 1.90 bits per heavy atom. The first kappa shape index (κ1) is 22.3. The van der Waals surface area contributed by atoms with Gasteiger partial charge in [0.1, 0.15) is 5.75 Å². The molecule has 0 saturated carbocycles. The maximum Gasteiger partial charge on any atom is 0.337 e. The van der Waals surface area contributed by atoms with Crippen LogP contribution < -0.4 is 0 Å². The molecule has 2 aromatic carbocycles. The highest BCUT2D eigenvalue weighted by Gasteiger charge is 2.50. The third-order valence-electron chi connectivity index (χ3n) is 7.13. The number of benzene rings is 2. The smallest absolute Gasteiger partial charge is 0.337 e. The van der Waals surface area contributed by atoms with E-state index in [0.29, 0.717) is 17.4 Å². The molecule has 0 spiro atoms. The quantitative estimate of drug-likeness (QED) is 0.705. The van der Waals surface area contributed by atoms with Gasteiger partial charge in [0.25, 0.3) is 0 Å². The number of carboxylic acids is 1. The average molecular weight is 412 g/mol. The van der Waals surface area contributed by atoms with Crippen molar-refractivity contribution in [2.75, 3.05) is 13.6 Å². The second kappa shape index (κ2) is 9.19. The van der Waals surface area contributed by atoms with Gasteiger partial charge in [0, 0.05) is 11.5 Å². The first-order chi connectivity index (χ1) is 14.3. The molecule has 1 aliphatic carbocycles. The molecule has 1 heterocycles. The van der Waals surface area contributed by atoms with Crippen molar-refractivity contribution in [1.29, 1.82) is 0 Å². The third kappa shape index (κ3) is 4.09. The average Bonchev–Trinajstić information content (AvgIpc) is 2.76. The van der Waals surface area contributed by atoms with E-state index in [9.17, 15) is 9.90 Å². The molecule has 1 saturated heterocycles. The lowest BCUT2D eigenvalue weighted by molar-refractivity contribution is -0.146. The normalized spacial score (nSPS) is 26.1. The Morgan fingerprint density at radius 1 is 1.20 bits per heavy atom. The van der Waals surface area contributed by atoms with Crippen LogP contribution in [0, 0.1) is 5.92 Å². The molecule has 162 valence electrons. The summed E-state index contributed by atoms with van der Waals surface area (Å²) < 4.78 is 0. The molecular weight excluding hydrogens is 378 g/mol. The molecule has 2 aliphatic rings. The number of aliphatic hydroxyl groups is 1. The van der Waals surface area contributed by atoms with Gasteiger partial charge in [-0.1, -0.05) is 56.7 Å². The summed E-state index contributed by atoms with van der Waals surface area (Å²) in [6, 6.07) is 15.0. The lowest BCUT2D eigenvalue weighted by Crippen LogP contribution is -2.58. The van der Waals surface area contributed by atoms with E-state index >= 15 is 0 Å². The van der Waals surface area contributed by atoms with E-state index in [2.05, 4.69) is 31.9 Å². The van der Waals surface area contributed by atoms with Crippen LogP contribution in [0.4, 0.5) is 0 Å². The summed E-state index contributed by atoms with van der Waals surface area (Å²) in [5.41, 5.74) is 3.59. The summed E-state index contributed by atoms with van der Waals surface area (Å²) in [7, 11) is 2.28. The van der Waals surface area contributed by atoms with Crippen molar-refractivity contribution >= 4 is 5.97 Å². The molecule has 0 radical (unpaired) electrons. The number of phenols is 1. The van der Waals surface area contributed by atoms with Crippen LogP contribution in [0.15, 0.2) is 48.5 Å². The van der Waals surface area contributed by atoms with Crippen LogP contribution in [0.1, 0.15) is 55.9 Å². The predicted octanol–water partition coefficient (Wildman–Crippen LogP) is 4.13. The number of aliphatic carboxylic acids is 1. The first-order valence-electron chi connectivity index (χ1n) is 10.8. The van der Waals surface area contributed by atoms with Crippen LogP contribution in [0.5, 0.6) is 5.75 Å². The van der Waals surface area contributed by atoms with Crippen LogP contribution in [0.3, 0.4) is 0 Å². The molecule has 4 atom stereocenters. The molecule has 30 heavy (non-hydrogen) atoms. The zero-order valence-electron chi connectivity index (χ0n) is 18.1. The molecule has 2 aromatic rings. The van der Waals surface area contributed by atoms with Gasteiger partial charge in [-0.05, 0) is 67.6 Å². The van der Waals surface area contributed by atoms with Gasteiger partial charge in [0.2, 0.25) is 0 Å². The molecule has 5 nitrogen and oxygen atoms in total. The molecule has 4 unspecified atom stereocenters. The summed E-state index contributed by atoms with van der Waals surface area (Å²) in [6.45, 7) is 5.84. The van der Waals surface area contributed by atoms with Gasteiger partial charge in [0.15, 0.2) is 6.10 Å². The Bertz CT molecular complexity index is 869. The monoisotopic (exact) mass is 411 g/mol. The minimum atomic E-state index is -1.41. The zero-order valence-corrected chi connectivity index (χ0v) is 18.1. The van der Waals surface area contributed by atoms with Gasteiger partial charge in [-0.15, -0.1) is 0 Å². The Labute approximate surface area is 179 Å². The lowest BCUT2D eigenvalue weighted by Gasteiger charge is -2.56. The number of nitrogens with zero attached hydrogens (tertiary/aromatic N) is 1. The fraction of sp³-hybridized carbons (Fsp3) is 0.480. The highest BCUT2D eigenvalue weighted by atomic mass is 16.4. The Morgan fingerprint density at radius 3 is 2.50 bits per heavy atom. The van der Waals surface area contributed by atoms with Gasteiger partial charge >= 0.3 is 5.97 Å². The standard InChI is InChI=1S/C17H25NO.C8H8O3/c1-4-14-16-10-12-6-7-13(19)11-15(12)17(14,5-2)8-9-18(16)3;9-7(8(10)11)6-4-2-1-3-5-6/h6-7,11,14,16,19H,4-5,8-10H2,1-3H3;1-5,7,9H,(H,10,11). The second-order valence-electron chi connectivity index (χ2n) is 8.52. The van der Waals surface area contributed by atoms with Crippen LogP contribution in [0.2, 0.25) is 0 Å². The molecule has 5 heteroatoms. The maximum absolute atomic E-state index is 10.2. The van der Waals surface area contributed by atoms with E-state index in [-0.39, 0.29) is 5.41 Å². The van der Waals surface area contributed by atoms with E-state index in [1.54, 1.807) is 30.3 Å². The summed E-state index contributed by atoms with van der Waals surface area (Å²) >= 11 is 0. The van der Waals surface area contributed by atoms with Crippen molar-refractivity contribution in [3.05, 3.63) is 65.2 Å². The first-order valence-corrected chi connectivity index (χ1v) is 10.8. The number of carbonyl (C=O) groups is 1. The van der Waals surface area contributed by atoms with Crippen molar-refractivity contribution in [3.63, 3.8) is 0 Å². The predicted molar refractivity (Wildman–Crippen MR) is 118 cm³/mol. The van der Waals surface area contributed by atoms with E-state index < -0.39 is 12.1 Å². The number of aliphatic hydroxyl groups excluding tert-OH is 1. The van der Waals surface area contributed by atoms with Crippen molar-refractivity contribution < 1.29 is 20.1 Å². The van der Waals surface area contributed by atoms with E-state index in [0.717, 1.165) is 12.3 Å². The number of likely N-dealkylation sites (tertiary alicyclic amines) is 1. The molecule has 0 amide bonds. The fourth-order valence-corrected chi connectivity index (χ4v) is 5.54.